The number of rotatable bonds is 6. The fourth-order valence-electron chi connectivity index (χ4n) is 3.78. The lowest BCUT2D eigenvalue weighted by atomic mass is 9.94. The summed E-state index contributed by atoms with van der Waals surface area (Å²) in [7, 11) is 0. The summed E-state index contributed by atoms with van der Waals surface area (Å²) in [6.45, 7) is 5.52. The Morgan fingerprint density at radius 3 is 2.52 bits per heavy atom. The largest absolute Gasteiger partial charge is 0.481 e. The summed E-state index contributed by atoms with van der Waals surface area (Å²) in [4.78, 5) is 23.7. The van der Waals surface area contributed by atoms with Crippen molar-refractivity contribution in [2.75, 3.05) is 13.2 Å². The molecule has 2 aliphatic rings. The Morgan fingerprint density at radius 1 is 1.19 bits per heavy atom. The average molecular weight is 297 g/mol. The molecule has 5 unspecified atom stereocenters. The molecule has 1 amide bonds. The van der Waals surface area contributed by atoms with E-state index in [2.05, 4.69) is 19.2 Å². The third-order valence-electron chi connectivity index (χ3n) is 5.18. The molecular formula is C16H27NO4. The number of carboxylic acids is 1. The van der Waals surface area contributed by atoms with Crippen molar-refractivity contribution in [3.63, 3.8) is 0 Å². The van der Waals surface area contributed by atoms with Crippen LogP contribution in [-0.2, 0) is 14.3 Å². The Balaban J connectivity index is 1.88. The molecule has 1 saturated heterocycles. The van der Waals surface area contributed by atoms with E-state index in [0.717, 1.165) is 25.9 Å². The van der Waals surface area contributed by atoms with Crippen LogP contribution < -0.4 is 5.32 Å². The molecule has 2 fully saturated rings. The fraction of sp³-hybridized carbons (Fsp3) is 0.875. The number of hydrogen-bond acceptors (Lipinski definition) is 3. The highest BCUT2D eigenvalue weighted by molar-refractivity contribution is 5.85. The molecule has 1 aliphatic carbocycles. The Morgan fingerprint density at radius 2 is 1.90 bits per heavy atom. The Kier molecular flexibility index (Phi) is 5.62. The van der Waals surface area contributed by atoms with Gasteiger partial charge in [-0.2, -0.15) is 0 Å². The second kappa shape index (κ2) is 7.25. The van der Waals surface area contributed by atoms with Crippen LogP contribution in [0.15, 0.2) is 0 Å². The molecule has 21 heavy (non-hydrogen) atoms. The van der Waals surface area contributed by atoms with Crippen molar-refractivity contribution in [3.8, 4) is 0 Å². The number of carbonyl (C=O) groups is 2. The number of aliphatic carboxylic acids is 1. The van der Waals surface area contributed by atoms with Gasteiger partial charge in [0.25, 0.3) is 0 Å². The van der Waals surface area contributed by atoms with Crippen LogP contribution in [0.3, 0.4) is 0 Å². The molecule has 0 aromatic rings. The van der Waals surface area contributed by atoms with Gasteiger partial charge in [0.2, 0.25) is 5.91 Å². The minimum Gasteiger partial charge on any atom is -0.481 e. The molecular weight excluding hydrogens is 270 g/mol. The molecule has 2 rings (SSSR count). The maximum Gasteiger partial charge on any atom is 0.307 e. The fourth-order valence-corrected chi connectivity index (χ4v) is 3.78. The molecule has 120 valence electrons. The molecule has 1 aliphatic heterocycles. The Labute approximate surface area is 126 Å². The Bertz CT molecular complexity index is 384. The molecule has 1 heterocycles. The number of amides is 1. The van der Waals surface area contributed by atoms with Crippen LogP contribution in [-0.4, -0.2) is 36.2 Å². The predicted octanol–water partition coefficient (Wildman–Crippen LogP) is 2.05. The SMILES string of the molecule is CCC1CC(C(=O)O)C(C(=O)NCC2CCOC2CC)C1. The van der Waals surface area contributed by atoms with Gasteiger partial charge in [0.15, 0.2) is 0 Å². The van der Waals surface area contributed by atoms with Crippen LogP contribution >= 0.6 is 0 Å². The number of nitrogens with one attached hydrogen (secondary N) is 1. The van der Waals surface area contributed by atoms with Gasteiger partial charge in [-0.1, -0.05) is 20.3 Å². The van der Waals surface area contributed by atoms with E-state index in [-0.39, 0.29) is 17.9 Å². The zero-order valence-electron chi connectivity index (χ0n) is 13.0. The third-order valence-corrected chi connectivity index (χ3v) is 5.18. The normalized spacial score (nSPS) is 35.8. The number of carbonyl (C=O) groups excluding carboxylic acids is 1. The van der Waals surface area contributed by atoms with Gasteiger partial charge in [0.05, 0.1) is 17.9 Å². The van der Waals surface area contributed by atoms with Crippen LogP contribution in [0, 0.1) is 23.7 Å². The lowest BCUT2D eigenvalue weighted by Crippen LogP contribution is -2.39. The van der Waals surface area contributed by atoms with Crippen molar-refractivity contribution in [2.45, 2.75) is 52.1 Å². The first-order valence-electron chi connectivity index (χ1n) is 8.18. The lowest BCUT2D eigenvalue weighted by Gasteiger charge is -2.20. The Hall–Kier alpha value is -1.10. The van der Waals surface area contributed by atoms with Gasteiger partial charge < -0.3 is 15.2 Å². The van der Waals surface area contributed by atoms with Crippen LogP contribution in [0.1, 0.15) is 46.0 Å². The predicted molar refractivity (Wildman–Crippen MR) is 78.8 cm³/mol. The van der Waals surface area contributed by atoms with Crippen LogP contribution in [0.4, 0.5) is 0 Å². The van der Waals surface area contributed by atoms with Crippen molar-refractivity contribution in [3.05, 3.63) is 0 Å². The molecule has 1 saturated carbocycles. The first kappa shape index (κ1) is 16.3. The molecule has 0 bridgehead atoms. The quantitative estimate of drug-likeness (QED) is 0.787. The van der Waals surface area contributed by atoms with Crippen molar-refractivity contribution in [2.24, 2.45) is 23.7 Å². The smallest absolute Gasteiger partial charge is 0.307 e. The maximum atomic E-state index is 12.4. The zero-order chi connectivity index (χ0) is 15.4. The first-order valence-corrected chi connectivity index (χ1v) is 8.18. The molecule has 2 N–H and O–H groups in total. The molecule has 5 atom stereocenters. The summed E-state index contributed by atoms with van der Waals surface area (Å²) in [5.41, 5.74) is 0. The van der Waals surface area contributed by atoms with E-state index in [1.54, 1.807) is 0 Å². The van der Waals surface area contributed by atoms with E-state index in [1.165, 1.54) is 0 Å². The highest BCUT2D eigenvalue weighted by atomic mass is 16.5. The van der Waals surface area contributed by atoms with Gasteiger partial charge in [-0.25, -0.2) is 0 Å². The second-order valence-electron chi connectivity index (χ2n) is 6.41. The van der Waals surface area contributed by atoms with Crippen LogP contribution in [0.5, 0.6) is 0 Å². The van der Waals surface area contributed by atoms with Crippen molar-refractivity contribution in [1.82, 2.24) is 5.32 Å². The van der Waals surface area contributed by atoms with Crippen LogP contribution in [0.25, 0.3) is 0 Å². The maximum absolute atomic E-state index is 12.4. The molecule has 0 spiro atoms. The zero-order valence-corrected chi connectivity index (χ0v) is 13.0. The van der Waals surface area contributed by atoms with Gasteiger partial charge in [-0.05, 0) is 31.6 Å². The van der Waals surface area contributed by atoms with E-state index in [0.29, 0.717) is 31.2 Å². The third kappa shape index (κ3) is 3.76. The first-order chi connectivity index (χ1) is 10.1. The summed E-state index contributed by atoms with van der Waals surface area (Å²) in [5.74, 6) is -1.07. The average Bonchev–Trinajstić information content (AvgIpc) is 3.10. The van der Waals surface area contributed by atoms with Gasteiger partial charge in [0.1, 0.15) is 0 Å². The van der Waals surface area contributed by atoms with E-state index >= 15 is 0 Å². The summed E-state index contributed by atoms with van der Waals surface area (Å²) >= 11 is 0. The minimum absolute atomic E-state index is 0.0832. The summed E-state index contributed by atoms with van der Waals surface area (Å²) in [6.07, 6.45) is 4.45. The summed E-state index contributed by atoms with van der Waals surface area (Å²) < 4.78 is 5.62. The molecule has 0 aromatic carbocycles. The number of carboxylic acid groups (broad SMARTS) is 1. The van der Waals surface area contributed by atoms with Gasteiger partial charge in [-0.3, -0.25) is 9.59 Å². The van der Waals surface area contributed by atoms with E-state index < -0.39 is 11.9 Å². The van der Waals surface area contributed by atoms with Crippen molar-refractivity contribution in [1.29, 1.82) is 0 Å². The van der Waals surface area contributed by atoms with Crippen molar-refractivity contribution >= 4 is 11.9 Å². The second-order valence-corrected chi connectivity index (χ2v) is 6.41. The molecule has 5 heteroatoms. The molecule has 0 radical (unpaired) electrons. The van der Waals surface area contributed by atoms with Gasteiger partial charge in [0, 0.05) is 19.1 Å². The highest BCUT2D eigenvalue weighted by Gasteiger charge is 2.42. The minimum atomic E-state index is -0.832. The standard InChI is InChI=1S/C16H27NO4/c1-3-10-7-12(13(8-10)16(19)20)15(18)17-9-11-5-6-21-14(11)4-2/h10-14H,3-9H2,1-2H3,(H,17,18)(H,19,20). The van der Waals surface area contributed by atoms with E-state index in [9.17, 15) is 14.7 Å². The van der Waals surface area contributed by atoms with E-state index in [4.69, 9.17) is 4.74 Å². The van der Waals surface area contributed by atoms with Crippen LogP contribution in [0.2, 0.25) is 0 Å². The highest BCUT2D eigenvalue weighted by Crippen LogP contribution is 2.38. The number of hydrogen-bond donors (Lipinski definition) is 2. The van der Waals surface area contributed by atoms with E-state index in [1.807, 2.05) is 0 Å². The lowest BCUT2D eigenvalue weighted by molar-refractivity contribution is -0.146. The molecule has 0 aromatic heterocycles. The topological polar surface area (TPSA) is 75.6 Å². The monoisotopic (exact) mass is 297 g/mol. The van der Waals surface area contributed by atoms with Gasteiger partial charge in [-0.15, -0.1) is 0 Å². The summed E-state index contributed by atoms with van der Waals surface area (Å²) in [5, 5.41) is 12.3. The molecule has 5 nitrogen and oxygen atoms in total. The van der Waals surface area contributed by atoms with Gasteiger partial charge >= 0.3 is 5.97 Å². The van der Waals surface area contributed by atoms with Crippen molar-refractivity contribution < 1.29 is 19.4 Å². The summed E-state index contributed by atoms with van der Waals surface area (Å²) in [6, 6.07) is 0. The number of ether oxygens (including phenoxy) is 1.